The van der Waals surface area contributed by atoms with E-state index in [1.54, 1.807) is 6.92 Å². The van der Waals surface area contributed by atoms with Gasteiger partial charge >= 0.3 is 5.97 Å². The van der Waals surface area contributed by atoms with Crippen LogP contribution in [0.25, 0.3) is 0 Å². The summed E-state index contributed by atoms with van der Waals surface area (Å²) in [7, 11) is 0. The van der Waals surface area contributed by atoms with Gasteiger partial charge in [0.05, 0.1) is 6.04 Å². The number of carbonyl (C=O) groups is 2. The van der Waals surface area contributed by atoms with Crippen LogP contribution in [0.4, 0.5) is 0 Å². The molecular formula is C15H20N2O3. The smallest absolute Gasteiger partial charge is 0.334 e. The molecule has 20 heavy (non-hydrogen) atoms. The van der Waals surface area contributed by atoms with Crippen LogP contribution in [-0.2, 0) is 20.9 Å². The van der Waals surface area contributed by atoms with E-state index < -0.39 is 17.6 Å². The summed E-state index contributed by atoms with van der Waals surface area (Å²) in [6.45, 7) is 2.38. The van der Waals surface area contributed by atoms with Crippen molar-refractivity contribution >= 4 is 11.8 Å². The van der Waals surface area contributed by atoms with Crippen molar-refractivity contribution in [3.05, 3.63) is 35.9 Å². The summed E-state index contributed by atoms with van der Waals surface area (Å²) in [6, 6.07) is 8.69. The molecule has 3 N–H and O–H groups in total. The normalized spacial score (nSPS) is 23.3. The van der Waals surface area contributed by atoms with Gasteiger partial charge in [-0.15, -0.1) is 0 Å². The number of nitrogens with two attached hydrogens (primary N) is 1. The SMILES string of the molecule is CC(N)C(=O)[C@@]1(C(=O)OCc2ccccc2)CCCN1. The third-order valence-corrected chi connectivity index (χ3v) is 3.55. The lowest BCUT2D eigenvalue weighted by Gasteiger charge is -2.27. The molecule has 1 unspecified atom stereocenters. The maximum atomic E-state index is 12.3. The minimum Gasteiger partial charge on any atom is -0.459 e. The van der Waals surface area contributed by atoms with Crippen molar-refractivity contribution in [2.75, 3.05) is 6.54 Å². The number of carbonyl (C=O) groups excluding carboxylic acids is 2. The lowest BCUT2D eigenvalue weighted by Crippen LogP contribution is -2.59. The van der Waals surface area contributed by atoms with Crippen LogP contribution in [0.1, 0.15) is 25.3 Å². The van der Waals surface area contributed by atoms with Gasteiger partial charge in [0, 0.05) is 0 Å². The third-order valence-electron chi connectivity index (χ3n) is 3.55. The number of benzene rings is 1. The molecule has 1 heterocycles. The molecule has 0 radical (unpaired) electrons. The zero-order valence-corrected chi connectivity index (χ0v) is 11.6. The van der Waals surface area contributed by atoms with Gasteiger partial charge in [0.25, 0.3) is 0 Å². The van der Waals surface area contributed by atoms with Crippen molar-refractivity contribution < 1.29 is 14.3 Å². The number of ether oxygens (including phenoxy) is 1. The van der Waals surface area contributed by atoms with Crippen molar-refractivity contribution in [2.24, 2.45) is 5.73 Å². The highest BCUT2D eigenvalue weighted by Gasteiger charge is 2.50. The Bertz CT molecular complexity index is 479. The van der Waals surface area contributed by atoms with Gasteiger partial charge < -0.3 is 10.5 Å². The van der Waals surface area contributed by atoms with E-state index in [0.717, 1.165) is 12.0 Å². The van der Waals surface area contributed by atoms with Crippen molar-refractivity contribution in [1.29, 1.82) is 0 Å². The highest BCUT2D eigenvalue weighted by Crippen LogP contribution is 2.24. The molecule has 1 aliphatic heterocycles. The summed E-state index contributed by atoms with van der Waals surface area (Å²) in [5.74, 6) is -0.825. The standard InChI is InChI=1S/C15H20N2O3/c1-11(16)13(18)15(8-5-9-17-15)14(19)20-10-12-6-3-2-4-7-12/h2-4,6-7,11,17H,5,8-10,16H2,1H3/t11?,15-/m1/s1. The summed E-state index contributed by atoms with van der Waals surface area (Å²) in [4.78, 5) is 24.6. The Kier molecular flexibility index (Phi) is 4.52. The van der Waals surface area contributed by atoms with Gasteiger partial charge in [-0.05, 0) is 31.9 Å². The zero-order valence-electron chi connectivity index (χ0n) is 11.6. The molecular weight excluding hydrogens is 256 g/mol. The molecule has 2 atom stereocenters. The summed E-state index contributed by atoms with van der Waals surface area (Å²) in [5.41, 5.74) is 5.28. The number of nitrogens with one attached hydrogen (secondary N) is 1. The monoisotopic (exact) mass is 276 g/mol. The fraction of sp³-hybridized carbons (Fsp3) is 0.467. The van der Waals surface area contributed by atoms with Crippen molar-refractivity contribution in [2.45, 2.75) is 38.0 Å². The Morgan fingerprint density at radius 3 is 2.65 bits per heavy atom. The number of Topliss-reactive ketones (excluding diaryl/α,β-unsaturated/α-hetero) is 1. The lowest BCUT2D eigenvalue weighted by atomic mass is 9.88. The highest BCUT2D eigenvalue weighted by molar-refractivity contribution is 6.10. The Labute approximate surface area is 118 Å². The van der Waals surface area contributed by atoms with E-state index >= 15 is 0 Å². The average molecular weight is 276 g/mol. The lowest BCUT2D eigenvalue weighted by molar-refractivity contribution is -0.156. The van der Waals surface area contributed by atoms with E-state index in [0.29, 0.717) is 13.0 Å². The summed E-state index contributed by atoms with van der Waals surface area (Å²) in [5, 5.41) is 2.98. The maximum Gasteiger partial charge on any atom is 0.334 e. The molecule has 0 saturated carbocycles. The molecule has 0 amide bonds. The zero-order chi connectivity index (χ0) is 14.6. The fourth-order valence-electron chi connectivity index (χ4n) is 2.46. The van der Waals surface area contributed by atoms with Crippen LogP contribution in [0.15, 0.2) is 30.3 Å². The number of hydrogen-bond acceptors (Lipinski definition) is 5. The second-order valence-electron chi connectivity index (χ2n) is 5.15. The van der Waals surface area contributed by atoms with E-state index in [4.69, 9.17) is 10.5 Å². The van der Waals surface area contributed by atoms with Gasteiger partial charge in [0.2, 0.25) is 0 Å². The van der Waals surface area contributed by atoms with Crippen molar-refractivity contribution in [1.82, 2.24) is 5.32 Å². The first-order valence-electron chi connectivity index (χ1n) is 6.82. The van der Waals surface area contributed by atoms with Crippen LogP contribution in [-0.4, -0.2) is 29.9 Å². The molecule has 0 aromatic heterocycles. The first-order chi connectivity index (χ1) is 9.56. The average Bonchev–Trinajstić information content (AvgIpc) is 2.95. The van der Waals surface area contributed by atoms with Gasteiger partial charge in [-0.2, -0.15) is 0 Å². The molecule has 5 nitrogen and oxygen atoms in total. The minimum atomic E-state index is -1.26. The summed E-state index contributed by atoms with van der Waals surface area (Å²) in [6.07, 6.45) is 1.21. The number of ketones is 1. The Morgan fingerprint density at radius 1 is 1.40 bits per heavy atom. The molecule has 1 saturated heterocycles. The van der Waals surface area contributed by atoms with Crippen molar-refractivity contribution in [3.63, 3.8) is 0 Å². The summed E-state index contributed by atoms with van der Waals surface area (Å²) >= 11 is 0. The third kappa shape index (κ3) is 2.89. The van der Waals surface area contributed by atoms with Gasteiger partial charge in [0.15, 0.2) is 11.3 Å². The van der Waals surface area contributed by atoms with Crippen LogP contribution in [0.3, 0.4) is 0 Å². The minimum absolute atomic E-state index is 0.162. The largest absolute Gasteiger partial charge is 0.459 e. The van der Waals surface area contributed by atoms with Gasteiger partial charge in [-0.25, -0.2) is 4.79 Å². The second kappa shape index (κ2) is 6.15. The Morgan fingerprint density at radius 2 is 2.10 bits per heavy atom. The van der Waals surface area contributed by atoms with Crippen LogP contribution >= 0.6 is 0 Å². The van der Waals surface area contributed by atoms with Crippen LogP contribution < -0.4 is 11.1 Å². The van der Waals surface area contributed by atoms with Crippen LogP contribution in [0, 0.1) is 0 Å². The topological polar surface area (TPSA) is 81.4 Å². The predicted molar refractivity (Wildman–Crippen MR) is 74.9 cm³/mol. The fourth-order valence-corrected chi connectivity index (χ4v) is 2.46. The molecule has 2 rings (SSSR count). The highest BCUT2D eigenvalue weighted by atomic mass is 16.5. The van der Waals surface area contributed by atoms with Gasteiger partial charge in [-0.3, -0.25) is 10.1 Å². The summed E-state index contributed by atoms with van der Waals surface area (Å²) < 4.78 is 5.31. The molecule has 0 aliphatic carbocycles. The quantitative estimate of drug-likeness (QED) is 0.613. The van der Waals surface area contributed by atoms with Crippen LogP contribution in [0.5, 0.6) is 0 Å². The second-order valence-corrected chi connectivity index (χ2v) is 5.15. The van der Waals surface area contributed by atoms with E-state index in [1.165, 1.54) is 0 Å². The molecule has 0 spiro atoms. The Balaban J connectivity index is 2.06. The molecule has 1 aliphatic rings. The molecule has 0 bridgehead atoms. The van der Waals surface area contributed by atoms with Gasteiger partial charge in [0.1, 0.15) is 6.61 Å². The van der Waals surface area contributed by atoms with Crippen molar-refractivity contribution in [3.8, 4) is 0 Å². The van der Waals surface area contributed by atoms with E-state index in [9.17, 15) is 9.59 Å². The predicted octanol–water partition coefficient (Wildman–Crippen LogP) is 0.768. The van der Waals surface area contributed by atoms with Gasteiger partial charge in [-0.1, -0.05) is 30.3 Å². The molecule has 1 fully saturated rings. The van der Waals surface area contributed by atoms with E-state index in [1.807, 2.05) is 30.3 Å². The first kappa shape index (κ1) is 14.7. The Hall–Kier alpha value is -1.72. The number of esters is 1. The first-order valence-corrected chi connectivity index (χ1v) is 6.82. The molecule has 1 aromatic carbocycles. The van der Waals surface area contributed by atoms with E-state index in [-0.39, 0.29) is 12.4 Å². The number of rotatable bonds is 5. The van der Waals surface area contributed by atoms with E-state index in [2.05, 4.69) is 5.32 Å². The molecule has 1 aromatic rings. The maximum absolute atomic E-state index is 12.3. The number of hydrogen-bond donors (Lipinski definition) is 2. The molecule has 108 valence electrons. The molecule has 5 heteroatoms. The van der Waals surface area contributed by atoms with Crippen LogP contribution in [0.2, 0.25) is 0 Å².